The van der Waals surface area contributed by atoms with Crippen molar-refractivity contribution >= 4 is 31.0 Å². The molecule has 12 heteroatoms. The number of aromatic nitrogens is 2. The topological polar surface area (TPSA) is 109 Å². The molecule has 1 N–H and O–H groups in total. The second-order valence-corrected chi connectivity index (χ2v) is 9.12. The van der Waals surface area contributed by atoms with Gasteiger partial charge in [-0.3, -0.25) is 27.9 Å². The Morgan fingerprint density at radius 1 is 1.44 bits per heavy atom. The van der Waals surface area contributed by atoms with Crippen molar-refractivity contribution in [2.45, 2.75) is 49.6 Å². The van der Waals surface area contributed by atoms with Gasteiger partial charge in [-0.15, -0.1) is 0 Å². The van der Waals surface area contributed by atoms with Crippen LogP contribution < -0.4 is 11.2 Å². The zero-order valence-electron chi connectivity index (χ0n) is 13.6. The zero-order chi connectivity index (χ0) is 18.6. The quantitative estimate of drug-likeness (QED) is 0.593. The summed E-state index contributed by atoms with van der Waals surface area (Å²) in [5, 5.41) is 0. The van der Waals surface area contributed by atoms with E-state index in [9.17, 15) is 14.2 Å². The Labute approximate surface area is 152 Å². The number of hydrogen-bond donors (Lipinski definition) is 1. The first-order valence-electron chi connectivity index (χ1n) is 7.50. The Kier molecular flexibility index (Phi) is 4.96. The molecule has 2 fully saturated rings. The lowest BCUT2D eigenvalue weighted by molar-refractivity contribution is -0.0749. The van der Waals surface area contributed by atoms with Crippen LogP contribution in [0.4, 0.5) is 0 Å². The van der Waals surface area contributed by atoms with Gasteiger partial charge in [-0.05, 0) is 20.8 Å². The van der Waals surface area contributed by atoms with E-state index in [0.29, 0.717) is 0 Å². The third-order valence-electron chi connectivity index (χ3n) is 3.73. The molecule has 0 spiro atoms. The Balaban J connectivity index is 1.94. The van der Waals surface area contributed by atoms with Crippen LogP contribution in [-0.2, 0) is 22.9 Å². The number of phosphoric ester groups is 1. The van der Waals surface area contributed by atoms with Crippen molar-refractivity contribution in [1.29, 1.82) is 0 Å². The van der Waals surface area contributed by atoms with Gasteiger partial charge in [0.15, 0.2) is 10.6 Å². The van der Waals surface area contributed by atoms with Crippen molar-refractivity contribution in [3.63, 3.8) is 0 Å². The van der Waals surface area contributed by atoms with Crippen LogP contribution in [0.2, 0.25) is 0 Å². The van der Waals surface area contributed by atoms with Crippen molar-refractivity contribution in [3.05, 3.63) is 32.6 Å². The van der Waals surface area contributed by atoms with Gasteiger partial charge in [0, 0.05) is 11.8 Å². The molecule has 140 valence electrons. The lowest BCUT2D eigenvalue weighted by Crippen LogP contribution is -2.44. The lowest BCUT2D eigenvalue weighted by Gasteiger charge is -2.33. The van der Waals surface area contributed by atoms with Gasteiger partial charge in [-0.25, -0.2) is 9.36 Å². The highest BCUT2D eigenvalue weighted by Crippen LogP contribution is 2.61. The van der Waals surface area contributed by atoms with Gasteiger partial charge in [0.1, 0.15) is 12.2 Å². The first kappa shape index (κ1) is 19.1. The fourth-order valence-corrected chi connectivity index (χ4v) is 5.04. The SMILES string of the molecule is Cc1cn(C2OC3COP(=O)(OC(C)C)OC3C2(Cl)Cl)c(=O)[nH]c1=O. The second kappa shape index (κ2) is 6.49. The summed E-state index contributed by atoms with van der Waals surface area (Å²) in [5.74, 6) is 0. The van der Waals surface area contributed by atoms with Crippen LogP contribution in [0.15, 0.2) is 15.8 Å². The molecular weight excluding hydrogens is 398 g/mol. The van der Waals surface area contributed by atoms with Crippen LogP contribution >= 0.6 is 31.0 Å². The van der Waals surface area contributed by atoms with E-state index in [1.165, 1.54) is 13.1 Å². The van der Waals surface area contributed by atoms with Crippen molar-refractivity contribution in [2.75, 3.05) is 6.61 Å². The predicted molar refractivity (Wildman–Crippen MR) is 89.1 cm³/mol. The minimum absolute atomic E-state index is 0.135. The molecule has 0 aromatic carbocycles. The summed E-state index contributed by atoms with van der Waals surface area (Å²) >= 11 is 12.8. The van der Waals surface area contributed by atoms with Gasteiger partial charge >= 0.3 is 13.5 Å². The molecule has 2 aliphatic heterocycles. The maximum absolute atomic E-state index is 12.5. The Morgan fingerprint density at radius 3 is 2.76 bits per heavy atom. The molecule has 0 radical (unpaired) electrons. The molecular formula is C13H17Cl2N2O7P. The van der Waals surface area contributed by atoms with Gasteiger partial charge in [-0.2, -0.15) is 0 Å². The molecule has 0 amide bonds. The highest BCUT2D eigenvalue weighted by molar-refractivity contribution is 7.48. The Bertz CT molecular complexity index is 836. The average molecular weight is 415 g/mol. The molecule has 3 rings (SSSR count). The van der Waals surface area contributed by atoms with Gasteiger partial charge in [0.05, 0.1) is 12.7 Å². The van der Waals surface area contributed by atoms with Crippen molar-refractivity contribution < 1.29 is 22.9 Å². The normalized spacial score (nSPS) is 34.2. The Morgan fingerprint density at radius 2 is 2.12 bits per heavy atom. The van der Waals surface area contributed by atoms with Gasteiger partial charge in [0.2, 0.25) is 0 Å². The predicted octanol–water partition coefficient (Wildman–Crippen LogP) is 1.86. The van der Waals surface area contributed by atoms with Crippen molar-refractivity contribution in [3.8, 4) is 0 Å². The molecule has 0 bridgehead atoms. The monoisotopic (exact) mass is 414 g/mol. The van der Waals surface area contributed by atoms with E-state index in [2.05, 4.69) is 4.98 Å². The van der Waals surface area contributed by atoms with E-state index in [1.807, 2.05) is 0 Å². The standard InChI is InChI=1S/C13H17Cl2N2O7P/c1-6(2)23-25(20)21-5-8-9(24-25)13(14,15)11(22-8)17-4-7(3)10(18)16-12(17)19/h4,6,8-9,11H,5H2,1-3H3,(H,16,18,19). The van der Waals surface area contributed by atoms with Gasteiger partial charge < -0.3 is 4.74 Å². The number of ether oxygens (including phenoxy) is 1. The fourth-order valence-electron chi connectivity index (χ4n) is 2.64. The lowest BCUT2D eigenvalue weighted by atomic mass is 10.1. The van der Waals surface area contributed by atoms with Crippen LogP contribution in [-0.4, -0.2) is 38.8 Å². The molecule has 9 nitrogen and oxygen atoms in total. The zero-order valence-corrected chi connectivity index (χ0v) is 16.0. The summed E-state index contributed by atoms with van der Waals surface area (Å²) in [6.45, 7) is 4.72. The van der Waals surface area contributed by atoms with Crippen LogP contribution in [0.5, 0.6) is 0 Å². The number of aromatic amines is 1. The number of alkyl halides is 2. The molecule has 2 aliphatic rings. The third-order valence-corrected chi connectivity index (χ3v) is 6.16. The average Bonchev–Trinajstić information content (AvgIpc) is 2.73. The largest absolute Gasteiger partial charge is 0.475 e. The molecule has 0 aliphatic carbocycles. The molecule has 4 unspecified atom stereocenters. The number of halogens is 2. The van der Waals surface area contributed by atoms with E-state index >= 15 is 0 Å². The van der Waals surface area contributed by atoms with Crippen LogP contribution in [0, 0.1) is 6.92 Å². The van der Waals surface area contributed by atoms with E-state index in [4.69, 9.17) is 41.5 Å². The third kappa shape index (κ3) is 3.47. The summed E-state index contributed by atoms with van der Waals surface area (Å²) in [5.41, 5.74) is -0.999. The highest BCUT2D eigenvalue weighted by atomic mass is 35.5. The minimum atomic E-state index is -3.86. The number of hydrogen-bond acceptors (Lipinski definition) is 7. The number of phosphoric acid groups is 1. The summed E-state index contributed by atoms with van der Waals surface area (Å²) < 4.78 is 33.3. The molecule has 1 aromatic rings. The van der Waals surface area contributed by atoms with Gasteiger partial charge in [0.25, 0.3) is 5.56 Å². The molecule has 2 saturated heterocycles. The summed E-state index contributed by atoms with van der Waals surface area (Å²) in [4.78, 5) is 25.8. The van der Waals surface area contributed by atoms with E-state index in [0.717, 1.165) is 4.57 Å². The molecule has 3 heterocycles. The van der Waals surface area contributed by atoms with Crippen molar-refractivity contribution in [1.82, 2.24) is 9.55 Å². The molecule has 4 atom stereocenters. The number of nitrogens with one attached hydrogen (secondary N) is 1. The van der Waals surface area contributed by atoms with E-state index < -0.39 is 47.9 Å². The molecule has 25 heavy (non-hydrogen) atoms. The summed E-state index contributed by atoms with van der Waals surface area (Å²) in [6, 6.07) is 0. The number of nitrogens with zero attached hydrogens (tertiary/aromatic N) is 1. The maximum atomic E-state index is 12.5. The molecule has 1 aromatic heterocycles. The van der Waals surface area contributed by atoms with Crippen LogP contribution in [0.1, 0.15) is 25.6 Å². The number of H-pyrrole nitrogens is 1. The first-order valence-corrected chi connectivity index (χ1v) is 9.72. The maximum Gasteiger partial charge on any atom is 0.475 e. The van der Waals surface area contributed by atoms with E-state index in [1.54, 1.807) is 13.8 Å². The van der Waals surface area contributed by atoms with E-state index in [-0.39, 0.29) is 12.2 Å². The molecule has 0 saturated carbocycles. The van der Waals surface area contributed by atoms with Crippen LogP contribution in [0.3, 0.4) is 0 Å². The Hall–Kier alpha value is -0.670. The number of rotatable bonds is 3. The second-order valence-electron chi connectivity index (χ2n) is 6.10. The smallest absolute Gasteiger partial charge is 0.346 e. The summed E-state index contributed by atoms with van der Waals surface area (Å²) in [7, 11) is -3.86. The van der Waals surface area contributed by atoms with Gasteiger partial charge in [-0.1, -0.05) is 23.2 Å². The highest BCUT2D eigenvalue weighted by Gasteiger charge is 2.62. The number of fused-ring (bicyclic) bond motifs is 1. The number of aryl methyl sites for hydroxylation is 1. The van der Waals surface area contributed by atoms with Crippen molar-refractivity contribution in [2.24, 2.45) is 0 Å². The minimum Gasteiger partial charge on any atom is -0.346 e. The van der Waals surface area contributed by atoms with Crippen LogP contribution in [0.25, 0.3) is 0 Å². The fraction of sp³-hybridized carbons (Fsp3) is 0.692. The summed E-state index contributed by atoms with van der Waals surface area (Å²) in [6.07, 6.45) is -2.13. The first-order chi connectivity index (χ1) is 11.5.